The average molecular weight is 428 g/mol. The van der Waals surface area contributed by atoms with E-state index in [2.05, 4.69) is 19.2 Å². The van der Waals surface area contributed by atoms with Gasteiger partial charge in [0.2, 0.25) is 0 Å². The van der Waals surface area contributed by atoms with Crippen LogP contribution in [0, 0.1) is 0 Å². The predicted octanol–water partition coefficient (Wildman–Crippen LogP) is 3.50. The van der Waals surface area contributed by atoms with Crippen molar-refractivity contribution in [2.75, 3.05) is 26.0 Å². The number of amides is 1. The molecule has 0 unspecified atom stereocenters. The van der Waals surface area contributed by atoms with E-state index in [1.165, 1.54) is 12.0 Å². The quantitative estimate of drug-likeness (QED) is 0.545. The van der Waals surface area contributed by atoms with Crippen molar-refractivity contribution in [1.82, 2.24) is 4.90 Å². The van der Waals surface area contributed by atoms with Gasteiger partial charge in [-0.2, -0.15) is 12.6 Å². The van der Waals surface area contributed by atoms with Crippen LogP contribution in [0.4, 0.5) is 4.79 Å². The van der Waals surface area contributed by atoms with Crippen molar-refractivity contribution in [3.63, 3.8) is 0 Å². The molecular weight excluding hydrogens is 402 g/mol. The Bertz CT molecular complexity index is 947. The molecule has 2 aromatic rings. The van der Waals surface area contributed by atoms with Crippen LogP contribution in [0.5, 0.6) is 0 Å². The number of β-amino-alcohol motifs (C(OH)–C–C–N with tert-alkyl or cyclic N) is 1. The minimum atomic E-state index is -1.41. The maximum Gasteiger partial charge on any atom is 0.410 e. The highest BCUT2D eigenvalue weighted by molar-refractivity contribution is 7.80. The van der Waals surface area contributed by atoms with Gasteiger partial charge in [0.1, 0.15) is 18.2 Å². The Morgan fingerprint density at radius 3 is 2.63 bits per heavy atom. The van der Waals surface area contributed by atoms with Gasteiger partial charge in [0, 0.05) is 12.2 Å². The van der Waals surface area contributed by atoms with Gasteiger partial charge >= 0.3 is 12.1 Å². The smallest absolute Gasteiger partial charge is 0.410 e. The number of thiol groups is 1. The lowest BCUT2D eigenvalue weighted by Crippen LogP contribution is -2.42. The number of hydrogen-bond donors (Lipinski definition) is 2. The molecule has 30 heavy (non-hydrogen) atoms. The molecule has 1 N–H and O–H groups in total. The summed E-state index contributed by atoms with van der Waals surface area (Å²) in [6.45, 7) is 3.83. The second-order valence-corrected chi connectivity index (χ2v) is 7.60. The molecule has 3 rings (SSSR count). The lowest BCUT2D eigenvalue weighted by Gasteiger charge is -2.24. The molecule has 1 saturated heterocycles. The lowest BCUT2D eigenvalue weighted by molar-refractivity contribution is -0.145. The number of likely N-dealkylation sites (tertiary alicyclic amines) is 1. The Kier molecular flexibility index (Phi) is 6.84. The first kappa shape index (κ1) is 21.9. The number of methoxy groups -OCH3 is 1. The summed E-state index contributed by atoms with van der Waals surface area (Å²) >= 11 is 4.03. The number of carbonyl (C=O) groups is 2. The van der Waals surface area contributed by atoms with E-state index in [4.69, 9.17) is 9.47 Å². The molecule has 1 fully saturated rings. The van der Waals surface area contributed by atoms with Crippen molar-refractivity contribution in [3.05, 3.63) is 66.2 Å². The maximum absolute atomic E-state index is 12.5. The summed E-state index contributed by atoms with van der Waals surface area (Å²) in [5, 5.41) is 11.4. The van der Waals surface area contributed by atoms with Crippen LogP contribution >= 0.6 is 12.6 Å². The molecule has 0 aromatic heterocycles. The van der Waals surface area contributed by atoms with E-state index in [1.54, 1.807) is 12.1 Å². The third-order valence-corrected chi connectivity index (χ3v) is 5.40. The summed E-state index contributed by atoms with van der Waals surface area (Å²) in [6, 6.07) is 14.4. The fourth-order valence-electron chi connectivity index (χ4n) is 3.68. The lowest BCUT2D eigenvalue weighted by atomic mass is 9.89. The van der Waals surface area contributed by atoms with Crippen molar-refractivity contribution >= 4 is 30.8 Å². The van der Waals surface area contributed by atoms with Crippen molar-refractivity contribution in [1.29, 1.82) is 0 Å². The van der Waals surface area contributed by atoms with Gasteiger partial charge < -0.3 is 14.6 Å². The van der Waals surface area contributed by atoms with E-state index in [1.807, 2.05) is 42.5 Å². The van der Waals surface area contributed by atoms with Crippen LogP contribution in [0.15, 0.2) is 55.1 Å². The zero-order valence-electron chi connectivity index (χ0n) is 16.8. The molecule has 2 atom stereocenters. The molecule has 0 bridgehead atoms. The Labute approximate surface area is 181 Å². The minimum Gasteiger partial charge on any atom is -0.467 e. The average Bonchev–Trinajstić information content (AvgIpc) is 3.16. The van der Waals surface area contributed by atoms with Gasteiger partial charge in [-0.3, -0.25) is 4.90 Å². The van der Waals surface area contributed by atoms with E-state index in [9.17, 15) is 14.7 Å². The number of esters is 1. The van der Waals surface area contributed by atoms with Crippen LogP contribution in [-0.2, 0) is 19.9 Å². The van der Waals surface area contributed by atoms with Gasteiger partial charge in [0.05, 0.1) is 13.7 Å². The molecule has 0 radical (unpaired) electrons. The monoisotopic (exact) mass is 427 g/mol. The number of nitrogens with zero attached hydrogens (tertiary/aromatic N) is 1. The van der Waals surface area contributed by atoms with E-state index in [0.717, 1.165) is 16.7 Å². The second kappa shape index (κ2) is 9.36. The summed E-state index contributed by atoms with van der Waals surface area (Å²) in [5.41, 5.74) is 2.08. The summed E-state index contributed by atoms with van der Waals surface area (Å²) in [6.07, 6.45) is 1.11. The summed E-state index contributed by atoms with van der Waals surface area (Å²) in [5.74, 6) is -0.234. The van der Waals surface area contributed by atoms with E-state index < -0.39 is 23.7 Å². The van der Waals surface area contributed by atoms with E-state index >= 15 is 0 Å². The summed E-state index contributed by atoms with van der Waals surface area (Å²) in [7, 11) is 1.25. The van der Waals surface area contributed by atoms with Gasteiger partial charge in [-0.15, -0.1) is 0 Å². The first-order chi connectivity index (χ1) is 14.4. The number of aliphatic hydroxyl groups is 1. The largest absolute Gasteiger partial charge is 0.467 e. The molecule has 7 heteroatoms. The highest BCUT2D eigenvalue weighted by Gasteiger charge is 2.50. The van der Waals surface area contributed by atoms with Crippen LogP contribution in [0.2, 0.25) is 0 Å². The van der Waals surface area contributed by atoms with Crippen molar-refractivity contribution in [3.8, 4) is 11.1 Å². The SMILES string of the molecule is C=Cc1cccc(-c2cccc([C@]3(O)C[C@@H](C(=O)OC)N(C(=O)OCCS)C3)c2)c1. The van der Waals surface area contributed by atoms with Crippen LogP contribution in [0.25, 0.3) is 17.2 Å². The normalized spacial score (nSPS) is 20.6. The highest BCUT2D eigenvalue weighted by atomic mass is 32.1. The zero-order valence-corrected chi connectivity index (χ0v) is 17.7. The van der Waals surface area contributed by atoms with Crippen molar-refractivity contribution < 1.29 is 24.2 Å². The van der Waals surface area contributed by atoms with Crippen LogP contribution in [-0.4, -0.2) is 54.1 Å². The molecule has 0 aliphatic carbocycles. The molecule has 1 aliphatic rings. The number of hydrogen-bond acceptors (Lipinski definition) is 6. The van der Waals surface area contributed by atoms with Crippen LogP contribution in [0.3, 0.4) is 0 Å². The molecule has 1 aliphatic heterocycles. The van der Waals surface area contributed by atoms with Crippen molar-refractivity contribution in [2.24, 2.45) is 0 Å². The maximum atomic E-state index is 12.5. The topological polar surface area (TPSA) is 76.1 Å². The Morgan fingerprint density at radius 1 is 1.27 bits per heavy atom. The van der Waals surface area contributed by atoms with Crippen molar-refractivity contribution in [2.45, 2.75) is 18.1 Å². The van der Waals surface area contributed by atoms with Gasteiger partial charge in [0.15, 0.2) is 0 Å². The molecule has 158 valence electrons. The van der Waals surface area contributed by atoms with Crippen LogP contribution in [0.1, 0.15) is 17.5 Å². The predicted molar refractivity (Wildman–Crippen MR) is 118 cm³/mol. The van der Waals surface area contributed by atoms with E-state index in [0.29, 0.717) is 11.3 Å². The zero-order chi connectivity index (χ0) is 21.7. The van der Waals surface area contributed by atoms with Gasteiger partial charge in [-0.1, -0.05) is 49.1 Å². The molecule has 0 spiro atoms. The number of rotatable bonds is 6. The van der Waals surface area contributed by atoms with Gasteiger partial charge in [-0.25, -0.2) is 9.59 Å². The Hall–Kier alpha value is -2.77. The number of carbonyl (C=O) groups excluding carboxylic acids is 2. The number of benzene rings is 2. The van der Waals surface area contributed by atoms with Crippen LogP contribution < -0.4 is 0 Å². The summed E-state index contributed by atoms with van der Waals surface area (Å²) in [4.78, 5) is 26.0. The Balaban J connectivity index is 1.93. The third kappa shape index (κ3) is 4.52. The van der Waals surface area contributed by atoms with Gasteiger partial charge in [0.25, 0.3) is 0 Å². The van der Waals surface area contributed by atoms with E-state index in [-0.39, 0.29) is 19.6 Å². The fourth-order valence-corrected chi connectivity index (χ4v) is 3.77. The Morgan fingerprint density at radius 2 is 1.97 bits per heavy atom. The van der Waals surface area contributed by atoms with Gasteiger partial charge in [-0.05, 0) is 34.4 Å². The third-order valence-electron chi connectivity index (χ3n) is 5.22. The molecule has 1 heterocycles. The number of ether oxygens (including phenoxy) is 2. The fraction of sp³-hybridized carbons (Fsp3) is 0.304. The standard InChI is InChI=1S/C23H25NO5S/c1-3-16-6-4-7-17(12-16)18-8-5-9-19(13-18)23(27)14-20(21(25)28-2)24(15-23)22(26)29-10-11-30/h3-9,12-13,20,27,30H,1,10-11,14-15H2,2H3/t20-,23-/m0/s1. The summed E-state index contributed by atoms with van der Waals surface area (Å²) < 4.78 is 9.97. The second-order valence-electron chi connectivity index (χ2n) is 7.15. The molecule has 2 aromatic carbocycles. The molecule has 0 saturated carbocycles. The minimum absolute atomic E-state index is 0.0196. The molecule has 6 nitrogen and oxygen atoms in total. The first-order valence-electron chi connectivity index (χ1n) is 9.59. The highest BCUT2D eigenvalue weighted by Crippen LogP contribution is 2.38. The molecular formula is C23H25NO5S. The first-order valence-corrected chi connectivity index (χ1v) is 10.2. The molecule has 1 amide bonds.